The first-order valence-corrected chi connectivity index (χ1v) is 13.7. The molecule has 1 aromatic carbocycles. The number of hydrogen-bond donors (Lipinski definition) is 0. The van der Waals surface area contributed by atoms with E-state index in [-0.39, 0.29) is 22.4 Å². The summed E-state index contributed by atoms with van der Waals surface area (Å²) >= 11 is 1.20. The second kappa shape index (κ2) is 8.29. The maximum Gasteiger partial charge on any atom is 0.312 e. The summed E-state index contributed by atoms with van der Waals surface area (Å²) < 4.78 is 27.0. The van der Waals surface area contributed by atoms with Crippen LogP contribution in [0.25, 0.3) is 0 Å². The average molecular weight is 457 g/mol. The summed E-state index contributed by atoms with van der Waals surface area (Å²) in [5.41, 5.74) is 2.83. The molecular formula is C27H39BO3S. The topological polar surface area (TPSA) is 35.5 Å². The maximum absolute atomic E-state index is 13.3. The second-order valence-corrected chi connectivity index (χ2v) is 11.7. The zero-order valence-corrected chi connectivity index (χ0v) is 20.8. The van der Waals surface area contributed by atoms with E-state index in [4.69, 9.17) is 11.6 Å². The van der Waals surface area contributed by atoms with Gasteiger partial charge in [0.25, 0.3) is 0 Å². The van der Waals surface area contributed by atoms with Crippen molar-refractivity contribution in [2.24, 2.45) is 22.7 Å². The summed E-state index contributed by atoms with van der Waals surface area (Å²) in [4.78, 5) is 13.3. The van der Waals surface area contributed by atoms with Crippen LogP contribution in [0.2, 0.25) is 0 Å². The molecule has 5 heteroatoms. The molecule has 0 amide bonds. The van der Waals surface area contributed by atoms with Crippen LogP contribution < -0.4 is 4.18 Å². The Morgan fingerprint density at radius 2 is 2.09 bits per heavy atom. The van der Waals surface area contributed by atoms with Crippen LogP contribution in [0, 0.1) is 22.7 Å². The average Bonchev–Trinajstić information content (AvgIpc) is 3.11. The third-order valence-electron chi connectivity index (χ3n) is 10.3. The van der Waals surface area contributed by atoms with Crippen molar-refractivity contribution < 1.29 is 13.7 Å². The van der Waals surface area contributed by atoms with E-state index >= 15 is 0 Å². The molecule has 1 aliphatic heterocycles. The zero-order valence-electron chi connectivity index (χ0n) is 22.0. The molecule has 4 unspecified atom stereocenters. The van der Waals surface area contributed by atoms with Crippen LogP contribution >= 0.6 is 12.0 Å². The SMILES string of the molecule is [2H]B([3H])CSOc1ccc2c(c1)CCC1C2CCC2(C)C1CC[C@@]21CCC(CC)(CC)C(=O)O1. The standard InChI is InChI=1S/C27H39BO3S/c1-4-26(5-2)14-15-27(30-24(26)29)13-11-23-22-8-6-18-16-19(31-32-17-28)7-9-20(18)21(22)10-12-25(23,27)3/h7,9,16,21-23H,4-6,8,10-15,17,28H2,1-3H3/t21?,22?,23?,25?,27-/m1/s1/i28TD. The lowest BCUT2D eigenvalue weighted by molar-refractivity contribution is -0.209. The second-order valence-electron chi connectivity index (χ2n) is 11.0. The van der Waals surface area contributed by atoms with Crippen molar-refractivity contribution in [2.45, 2.75) is 96.5 Å². The van der Waals surface area contributed by atoms with Crippen LogP contribution in [0.5, 0.6) is 5.75 Å². The van der Waals surface area contributed by atoms with Crippen LogP contribution in [0.1, 0.15) is 95.6 Å². The molecule has 1 spiro atoms. The molecule has 3 fully saturated rings. The summed E-state index contributed by atoms with van der Waals surface area (Å²) in [5.74, 6) is 2.80. The monoisotopic (exact) mass is 457 g/mol. The highest BCUT2D eigenvalue weighted by molar-refractivity contribution is 7.96. The van der Waals surface area contributed by atoms with Gasteiger partial charge in [-0.25, -0.2) is 0 Å². The van der Waals surface area contributed by atoms with Gasteiger partial charge in [-0.3, -0.25) is 4.79 Å². The van der Waals surface area contributed by atoms with Crippen LogP contribution in [-0.4, -0.2) is 27.7 Å². The number of aryl methyl sites for hydroxylation is 1. The molecule has 1 heterocycles. The molecular weight excluding hydrogens is 415 g/mol. The predicted octanol–water partition coefficient (Wildman–Crippen LogP) is 6.04. The molecule has 2 saturated carbocycles. The van der Waals surface area contributed by atoms with Gasteiger partial charge in [0.2, 0.25) is 0 Å². The number of carbonyl (C=O) groups excluding carboxylic acids is 1. The fourth-order valence-corrected chi connectivity index (χ4v) is 8.46. The molecule has 5 atom stereocenters. The molecule has 32 heavy (non-hydrogen) atoms. The Hall–Kier alpha value is -1.10. The Bertz CT molecular complexity index is 938. The highest BCUT2D eigenvalue weighted by Crippen LogP contribution is 2.68. The molecule has 3 aliphatic carbocycles. The van der Waals surface area contributed by atoms with E-state index in [1.54, 1.807) is 0 Å². The molecule has 0 radical (unpaired) electrons. The van der Waals surface area contributed by atoms with Gasteiger partial charge in [0.15, 0.2) is 0 Å². The van der Waals surface area contributed by atoms with Gasteiger partial charge in [0, 0.05) is 23.1 Å². The van der Waals surface area contributed by atoms with Gasteiger partial charge < -0.3 is 8.92 Å². The van der Waals surface area contributed by atoms with Gasteiger partial charge in [-0.15, -0.1) is 0 Å². The quantitative estimate of drug-likeness (QED) is 0.296. The molecule has 4 aliphatic rings. The van der Waals surface area contributed by atoms with E-state index in [0.29, 0.717) is 23.4 Å². The lowest BCUT2D eigenvalue weighted by Crippen LogP contribution is -2.57. The highest BCUT2D eigenvalue weighted by Gasteiger charge is 2.66. The maximum atomic E-state index is 13.3. The van der Waals surface area contributed by atoms with Gasteiger partial charge in [-0.2, -0.15) is 0 Å². The van der Waals surface area contributed by atoms with E-state index in [1.165, 1.54) is 42.4 Å². The van der Waals surface area contributed by atoms with Gasteiger partial charge >= 0.3 is 5.97 Å². The largest absolute Gasteiger partial charge is 0.458 e. The number of ether oxygens (including phenoxy) is 1. The highest BCUT2D eigenvalue weighted by atomic mass is 32.2. The Kier molecular flexibility index (Phi) is 5.26. The van der Waals surface area contributed by atoms with E-state index in [9.17, 15) is 4.79 Å². The number of rotatable bonds is 6. The molecule has 174 valence electrons. The lowest BCUT2D eigenvalue weighted by Gasteiger charge is -2.56. The van der Waals surface area contributed by atoms with Crippen molar-refractivity contribution in [3.63, 3.8) is 0 Å². The molecule has 0 bridgehead atoms. The number of hydrogen-bond acceptors (Lipinski definition) is 4. The van der Waals surface area contributed by atoms with E-state index in [0.717, 1.165) is 50.7 Å². The minimum atomic E-state index is -0.863. The number of carbonyl (C=O) groups is 1. The molecule has 3 nitrogen and oxygen atoms in total. The van der Waals surface area contributed by atoms with E-state index < -0.39 is 7.77 Å². The minimum absolute atomic E-state index is 0.0780. The molecule has 0 N–H and O–H groups in total. The van der Waals surface area contributed by atoms with E-state index in [2.05, 4.69) is 39.0 Å². The summed E-state index contributed by atoms with van der Waals surface area (Å²) in [5, 5.41) is 0. The Balaban J connectivity index is 1.34. The number of fused-ring (bicyclic) bond motifs is 6. The summed E-state index contributed by atoms with van der Waals surface area (Å²) in [6.07, 6.45) is 10.6. The number of esters is 1. The van der Waals surface area contributed by atoms with E-state index in [1.807, 2.05) is 0 Å². The molecule has 1 aromatic rings. The fraction of sp³-hybridized carbons (Fsp3) is 0.741. The van der Waals surface area contributed by atoms with Crippen molar-refractivity contribution in [3.05, 3.63) is 29.3 Å². The minimum Gasteiger partial charge on any atom is -0.458 e. The van der Waals surface area contributed by atoms with Crippen molar-refractivity contribution in [1.82, 2.24) is 0 Å². The zero-order chi connectivity index (χ0) is 24.1. The normalized spacial score (nSPS) is 38.1. The third kappa shape index (κ3) is 3.20. The molecule has 0 aromatic heterocycles. The molecule has 5 rings (SSSR count). The fourth-order valence-electron chi connectivity index (χ4n) is 8.16. The van der Waals surface area contributed by atoms with Gasteiger partial charge in [-0.1, -0.05) is 26.8 Å². The smallest absolute Gasteiger partial charge is 0.312 e. The van der Waals surface area contributed by atoms with Crippen molar-refractivity contribution in [1.29, 1.82) is 2.67 Å². The lowest BCUT2D eigenvalue weighted by atomic mass is 9.52. The third-order valence-corrected chi connectivity index (χ3v) is 10.7. The molecule has 1 saturated heterocycles. The number of benzene rings is 1. The Labute approximate surface area is 202 Å². The van der Waals surface area contributed by atoms with Gasteiger partial charge in [0.05, 0.1) is 5.41 Å². The van der Waals surface area contributed by atoms with Gasteiger partial charge in [0.1, 0.15) is 19.1 Å². The summed E-state index contributed by atoms with van der Waals surface area (Å²) in [7, 11) is -0.863. The van der Waals surface area contributed by atoms with Crippen LogP contribution in [-0.2, 0) is 16.0 Å². The van der Waals surface area contributed by atoms with Gasteiger partial charge in [-0.05, 0) is 108 Å². The van der Waals surface area contributed by atoms with Crippen LogP contribution in [0.15, 0.2) is 18.2 Å². The summed E-state index contributed by atoms with van der Waals surface area (Å²) in [6, 6.07) is 6.52. The van der Waals surface area contributed by atoms with Crippen LogP contribution in [0.4, 0.5) is 0 Å². The first-order valence-electron chi connectivity index (χ1n) is 13.9. The first kappa shape index (κ1) is 20.3. The van der Waals surface area contributed by atoms with Crippen molar-refractivity contribution in [3.8, 4) is 5.75 Å². The Morgan fingerprint density at radius 3 is 2.84 bits per heavy atom. The summed E-state index contributed by atoms with van der Waals surface area (Å²) in [6.45, 7) is 6.74. The first-order chi connectivity index (χ1) is 16.3. The predicted molar refractivity (Wildman–Crippen MR) is 134 cm³/mol. The van der Waals surface area contributed by atoms with Crippen molar-refractivity contribution in [2.75, 3.05) is 5.65 Å². The Morgan fingerprint density at radius 1 is 1.25 bits per heavy atom. The van der Waals surface area contributed by atoms with Crippen molar-refractivity contribution >= 4 is 25.8 Å². The van der Waals surface area contributed by atoms with Crippen LogP contribution in [0.3, 0.4) is 0 Å².